The zero-order valence-corrected chi connectivity index (χ0v) is 18.7. The van der Waals surface area contributed by atoms with E-state index in [0.717, 1.165) is 31.2 Å². The molecule has 3 rings (SSSR count). The zero-order valence-electron chi connectivity index (χ0n) is 17.9. The summed E-state index contributed by atoms with van der Waals surface area (Å²) in [6, 6.07) is 4.46. The molecule has 10 heteroatoms. The van der Waals surface area contributed by atoms with Crippen molar-refractivity contribution in [3.8, 4) is 22.8 Å². The van der Waals surface area contributed by atoms with Gasteiger partial charge in [0.15, 0.2) is 27.2 Å². The second-order valence-corrected chi connectivity index (χ2v) is 9.65. The van der Waals surface area contributed by atoms with Crippen molar-refractivity contribution in [3.63, 3.8) is 0 Å². The van der Waals surface area contributed by atoms with Gasteiger partial charge < -0.3 is 9.30 Å². The average molecular weight is 464 g/mol. The minimum absolute atomic E-state index is 0.0263. The second kappa shape index (κ2) is 9.56. The third kappa shape index (κ3) is 5.76. The minimum atomic E-state index is -3.42. The second-order valence-electron chi connectivity index (χ2n) is 7.51. The van der Waals surface area contributed by atoms with Gasteiger partial charge >= 0.3 is 0 Å². The molecule has 0 bridgehead atoms. The van der Waals surface area contributed by atoms with E-state index < -0.39 is 27.2 Å². The quantitative estimate of drug-likeness (QED) is 0.501. The topological polar surface area (TPSA) is 91.2 Å². The summed E-state index contributed by atoms with van der Waals surface area (Å²) >= 11 is 0. The largest absolute Gasteiger partial charge is 0.450 e. The molecule has 170 valence electrons. The van der Waals surface area contributed by atoms with Crippen LogP contribution in [0.25, 0.3) is 11.3 Å². The van der Waals surface area contributed by atoms with E-state index in [4.69, 9.17) is 4.74 Å². The van der Waals surface area contributed by atoms with Gasteiger partial charge in [-0.25, -0.2) is 27.2 Å². The van der Waals surface area contributed by atoms with Gasteiger partial charge in [-0.1, -0.05) is 13.3 Å². The van der Waals surface area contributed by atoms with Crippen LogP contribution in [0.2, 0.25) is 0 Å². The summed E-state index contributed by atoms with van der Waals surface area (Å²) in [5.74, 6) is -2.26. The van der Waals surface area contributed by atoms with Crippen molar-refractivity contribution in [2.24, 2.45) is 0 Å². The Balaban J connectivity index is 2.15. The van der Waals surface area contributed by atoms with Gasteiger partial charge in [-0.05, 0) is 31.5 Å². The number of nitrogens with zero attached hydrogens (tertiary/aromatic N) is 3. The van der Waals surface area contributed by atoms with Crippen LogP contribution in [0.4, 0.5) is 8.78 Å². The van der Waals surface area contributed by atoms with Crippen LogP contribution in [0, 0.1) is 18.6 Å². The summed E-state index contributed by atoms with van der Waals surface area (Å²) in [7, 11) is -3.42. The molecule has 3 aromatic rings. The summed E-state index contributed by atoms with van der Waals surface area (Å²) < 4.78 is 58.1. The highest BCUT2D eigenvalue weighted by Crippen LogP contribution is 2.33. The standard InChI is InChI=1S/C22H23F2N3O4S/c1-4-5-8-27-12-15(9-14(2)22(27)28)21-19(11-25-20(26-21)13-32(3,29)30)31-18-7-6-16(23)10-17(18)24/h6-7,9-12H,4-5,8,13H2,1-3H3. The maximum atomic E-state index is 14.2. The van der Waals surface area contributed by atoms with E-state index in [1.165, 1.54) is 6.20 Å². The molecule has 0 aliphatic carbocycles. The van der Waals surface area contributed by atoms with Crippen molar-refractivity contribution in [2.45, 2.75) is 39.0 Å². The van der Waals surface area contributed by atoms with Gasteiger partial charge in [0.25, 0.3) is 5.56 Å². The first kappa shape index (κ1) is 23.5. The van der Waals surface area contributed by atoms with Crippen LogP contribution in [-0.4, -0.2) is 29.2 Å². The van der Waals surface area contributed by atoms with Crippen LogP contribution in [0.5, 0.6) is 11.5 Å². The number of aryl methyl sites for hydroxylation is 2. The summed E-state index contributed by atoms with van der Waals surface area (Å²) in [5, 5.41) is 0. The minimum Gasteiger partial charge on any atom is -0.450 e. The zero-order chi connectivity index (χ0) is 23.5. The van der Waals surface area contributed by atoms with Crippen LogP contribution >= 0.6 is 0 Å². The molecule has 1 aromatic carbocycles. The molecule has 0 saturated carbocycles. The van der Waals surface area contributed by atoms with Gasteiger partial charge in [-0.3, -0.25) is 4.79 Å². The molecule has 0 aliphatic heterocycles. The normalized spacial score (nSPS) is 11.5. The van der Waals surface area contributed by atoms with Crippen LogP contribution in [0.3, 0.4) is 0 Å². The molecule has 7 nitrogen and oxygen atoms in total. The van der Waals surface area contributed by atoms with Crippen molar-refractivity contribution in [1.82, 2.24) is 14.5 Å². The number of rotatable bonds is 8. The number of aromatic nitrogens is 3. The number of benzene rings is 1. The van der Waals surface area contributed by atoms with Gasteiger partial charge in [0.05, 0.1) is 6.20 Å². The Morgan fingerprint density at radius 1 is 1.16 bits per heavy atom. The molecule has 2 aromatic heterocycles. The molecular weight excluding hydrogens is 440 g/mol. The van der Waals surface area contributed by atoms with Crippen LogP contribution in [0.15, 0.2) is 41.5 Å². The predicted molar refractivity (Wildman–Crippen MR) is 116 cm³/mol. The summed E-state index contributed by atoms with van der Waals surface area (Å²) in [6.07, 6.45) is 5.58. The lowest BCUT2D eigenvalue weighted by Crippen LogP contribution is -2.22. The molecule has 0 radical (unpaired) electrons. The first-order chi connectivity index (χ1) is 15.1. The number of sulfone groups is 1. The fraction of sp³-hybridized carbons (Fsp3) is 0.318. The van der Waals surface area contributed by atoms with Crippen molar-refractivity contribution < 1.29 is 21.9 Å². The third-order valence-electron chi connectivity index (χ3n) is 4.60. The molecule has 0 spiro atoms. The summed E-state index contributed by atoms with van der Waals surface area (Å²) in [4.78, 5) is 20.9. The first-order valence-corrected chi connectivity index (χ1v) is 12.0. The molecule has 0 aliphatic rings. The molecular formula is C22H23F2N3O4S. The number of halogens is 2. The Morgan fingerprint density at radius 2 is 1.91 bits per heavy atom. The Labute approximate surface area is 184 Å². The Morgan fingerprint density at radius 3 is 2.56 bits per heavy atom. The highest BCUT2D eigenvalue weighted by atomic mass is 32.2. The molecule has 0 N–H and O–H groups in total. The molecule has 0 amide bonds. The number of unbranched alkanes of at least 4 members (excludes halogenated alkanes) is 1. The van der Waals surface area contributed by atoms with Crippen molar-refractivity contribution in [1.29, 1.82) is 0 Å². The fourth-order valence-electron chi connectivity index (χ4n) is 3.08. The van der Waals surface area contributed by atoms with Crippen molar-refractivity contribution in [2.75, 3.05) is 6.26 Å². The molecule has 0 atom stereocenters. The number of hydrogen-bond acceptors (Lipinski definition) is 6. The molecule has 0 unspecified atom stereocenters. The van der Waals surface area contributed by atoms with E-state index in [-0.39, 0.29) is 28.6 Å². The van der Waals surface area contributed by atoms with Crippen LogP contribution in [-0.2, 0) is 22.1 Å². The lowest BCUT2D eigenvalue weighted by atomic mass is 10.1. The van der Waals surface area contributed by atoms with Gasteiger partial charge in [-0.15, -0.1) is 0 Å². The Hall–Kier alpha value is -3.14. The van der Waals surface area contributed by atoms with Crippen LogP contribution < -0.4 is 10.3 Å². The molecule has 32 heavy (non-hydrogen) atoms. The molecule has 2 heterocycles. The maximum Gasteiger partial charge on any atom is 0.253 e. The van der Waals surface area contributed by atoms with Crippen molar-refractivity contribution in [3.05, 3.63) is 70.0 Å². The highest BCUT2D eigenvalue weighted by molar-refractivity contribution is 7.89. The monoisotopic (exact) mass is 463 g/mol. The molecule has 0 saturated heterocycles. The van der Waals surface area contributed by atoms with E-state index in [1.54, 1.807) is 23.8 Å². The Bertz CT molecular complexity index is 1310. The van der Waals surface area contributed by atoms with E-state index in [2.05, 4.69) is 9.97 Å². The van der Waals surface area contributed by atoms with Gasteiger partial charge in [-0.2, -0.15) is 0 Å². The SMILES string of the molecule is CCCCn1cc(-c2nc(CS(C)(=O)=O)ncc2Oc2ccc(F)cc2F)cc(C)c1=O. The highest BCUT2D eigenvalue weighted by Gasteiger charge is 2.18. The number of pyridine rings is 1. The lowest BCUT2D eigenvalue weighted by molar-refractivity contribution is 0.435. The van der Waals surface area contributed by atoms with E-state index in [9.17, 15) is 22.0 Å². The van der Waals surface area contributed by atoms with Gasteiger partial charge in [0, 0.05) is 36.2 Å². The van der Waals surface area contributed by atoms with Crippen molar-refractivity contribution >= 4 is 9.84 Å². The van der Waals surface area contributed by atoms with E-state index in [0.29, 0.717) is 23.7 Å². The van der Waals surface area contributed by atoms with Gasteiger partial charge in [0.2, 0.25) is 0 Å². The fourth-order valence-corrected chi connectivity index (χ4v) is 3.69. The first-order valence-electron chi connectivity index (χ1n) is 9.95. The average Bonchev–Trinajstić information content (AvgIpc) is 2.71. The molecule has 0 fully saturated rings. The number of ether oxygens (including phenoxy) is 1. The van der Waals surface area contributed by atoms with E-state index >= 15 is 0 Å². The lowest BCUT2D eigenvalue weighted by Gasteiger charge is -2.14. The summed E-state index contributed by atoms with van der Waals surface area (Å²) in [5.41, 5.74) is 0.976. The predicted octanol–water partition coefficient (Wildman–Crippen LogP) is 4.03. The van der Waals surface area contributed by atoms with Crippen LogP contribution in [0.1, 0.15) is 31.2 Å². The maximum absolute atomic E-state index is 14.2. The Kier molecular flexibility index (Phi) is 7.02. The summed E-state index contributed by atoms with van der Waals surface area (Å²) in [6.45, 7) is 4.16. The number of hydrogen-bond donors (Lipinski definition) is 0. The third-order valence-corrected chi connectivity index (χ3v) is 5.38. The van der Waals surface area contributed by atoms with E-state index in [1.807, 2.05) is 6.92 Å². The smallest absolute Gasteiger partial charge is 0.253 e. The van der Waals surface area contributed by atoms with Gasteiger partial charge in [0.1, 0.15) is 23.1 Å².